The van der Waals surface area contributed by atoms with Gasteiger partial charge < -0.3 is 24.1 Å². The maximum absolute atomic E-state index is 12.1. The molecule has 27 heavy (non-hydrogen) atoms. The highest BCUT2D eigenvalue weighted by molar-refractivity contribution is 6.08. The molecule has 0 spiro atoms. The zero-order valence-electron chi connectivity index (χ0n) is 14.5. The van der Waals surface area contributed by atoms with E-state index in [4.69, 9.17) is 13.9 Å². The van der Waals surface area contributed by atoms with E-state index in [0.29, 0.717) is 43.5 Å². The molecule has 0 saturated carbocycles. The summed E-state index contributed by atoms with van der Waals surface area (Å²) < 4.78 is 16.3. The SMILES string of the molecule is O=C1Nc2ccccc2O/C1=C/c1cc(/C=C/C(=O)N2CCOCC2)co1. The van der Waals surface area contributed by atoms with Crippen molar-refractivity contribution < 1.29 is 23.5 Å². The number of carbonyl (C=O) groups excluding carboxylic acids is 2. The smallest absolute Gasteiger partial charge is 0.291 e. The number of fused-ring (bicyclic) bond motifs is 1. The van der Waals surface area contributed by atoms with Gasteiger partial charge in [-0.25, -0.2) is 0 Å². The zero-order chi connectivity index (χ0) is 18.6. The summed E-state index contributed by atoms with van der Waals surface area (Å²) >= 11 is 0. The fraction of sp³-hybridized carbons (Fsp3) is 0.200. The van der Waals surface area contributed by atoms with Crippen LogP contribution in [-0.2, 0) is 14.3 Å². The highest BCUT2D eigenvalue weighted by Gasteiger charge is 2.22. The van der Waals surface area contributed by atoms with Crippen LogP contribution in [0.3, 0.4) is 0 Å². The Balaban J connectivity index is 1.45. The number of nitrogens with zero attached hydrogens (tertiary/aromatic N) is 1. The molecule has 4 rings (SSSR count). The molecule has 2 aliphatic heterocycles. The first-order valence-electron chi connectivity index (χ1n) is 8.62. The summed E-state index contributed by atoms with van der Waals surface area (Å²) in [5, 5.41) is 2.77. The van der Waals surface area contributed by atoms with E-state index in [1.165, 1.54) is 18.4 Å². The summed E-state index contributed by atoms with van der Waals surface area (Å²) in [5.74, 6) is 0.766. The average molecular weight is 366 g/mol. The summed E-state index contributed by atoms with van der Waals surface area (Å²) in [4.78, 5) is 26.0. The molecule has 1 fully saturated rings. The fourth-order valence-electron chi connectivity index (χ4n) is 2.82. The molecule has 0 aliphatic carbocycles. The number of amides is 2. The lowest BCUT2D eigenvalue weighted by Gasteiger charge is -2.25. The van der Waals surface area contributed by atoms with Gasteiger partial charge in [0.25, 0.3) is 5.91 Å². The lowest BCUT2D eigenvalue weighted by Crippen LogP contribution is -2.39. The molecule has 0 atom stereocenters. The van der Waals surface area contributed by atoms with E-state index in [1.54, 1.807) is 29.2 Å². The Hall–Kier alpha value is -3.32. The van der Waals surface area contributed by atoms with Gasteiger partial charge in [0.15, 0.2) is 11.5 Å². The lowest BCUT2D eigenvalue weighted by molar-refractivity contribution is -0.129. The van der Waals surface area contributed by atoms with Gasteiger partial charge in [0, 0.05) is 30.8 Å². The van der Waals surface area contributed by atoms with Gasteiger partial charge in [0.1, 0.15) is 5.76 Å². The van der Waals surface area contributed by atoms with Gasteiger partial charge in [-0.3, -0.25) is 9.59 Å². The summed E-state index contributed by atoms with van der Waals surface area (Å²) in [7, 11) is 0. The van der Waals surface area contributed by atoms with E-state index in [0.717, 1.165) is 5.56 Å². The largest absolute Gasteiger partial charge is 0.464 e. The average Bonchev–Trinajstić information content (AvgIpc) is 3.15. The molecular formula is C20H18N2O5. The van der Waals surface area contributed by atoms with Crippen LogP contribution in [-0.4, -0.2) is 43.0 Å². The Morgan fingerprint density at radius 3 is 2.85 bits per heavy atom. The Kier molecular flexibility index (Phi) is 4.76. The summed E-state index contributed by atoms with van der Waals surface area (Å²) in [6.07, 6.45) is 6.23. The van der Waals surface area contributed by atoms with Crippen LogP contribution in [0.2, 0.25) is 0 Å². The molecule has 7 heteroatoms. The van der Waals surface area contributed by atoms with Crippen LogP contribution in [0.1, 0.15) is 11.3 Å². The van der Waals surface area contributed by atoms with Gasteiger partial charge in [-0.15, -0.1) is 0 Å². The minimum atomic E-state index is -0.343. The van der Waals surface area contributed by atoms with Crippen molar-refractivity contribution in [3.8, 4) is 5.75 Å². The molecule has 2 amide bonds. The molecule has 2 aromatic rings. The van der Waals surface area contributed by atoms with Crippen LogP contribution >= 0.6 is 0 Å². The van der Waals surface area contributed by atoms with Crippen molar-refractivity contribution in [3.63, 3.8) is 0 Å². The number of ether oxygens (including phenoxy) is 2. The first-order chi connectivity index (χ1) is 13.2. The second-order valence-electron chi connectivity index (χ2n) is 6.11. The number of morpholine rings is 1. The van der Waals surface area contributed by atoms with Gasteiger partial charge >= 0.3 is 0 Å². The van der Waals surface area contributed by atoms with Crippen LogP contribution in [0.25, 0.3) is 12.2 Å². The number of hydrogen-bond donors (Lipinski definition) is 1. The van der Waals surface area contributed by atoms with Gasteiger partial charge in [-0.05, 0) is 24.3 Å². The van der Waals surface area contributed by atoms with Crippen LogP contribution < -0.4 is 10.1 Å². The van der Waals surface area contributed by atoms with Gasteiger partial charge in [0.05, 0.1) is 25.2 Å². The predicted molar refractivity (Wildman–Crippen MR) is 98.8 cm³/mol. The molecule has 1 saturated heterocycles. The maximum atomic E-state index is 12.1. The third kappa shape index (κ3) is 3.93. The van der Waals surface area contributed by atoms with Crippen molar-refractivity contribution >= 4 is 29.7 Å². The molecule has 0 bridgehead atoms. The minimum absolute atomic E-state index is 0.0639. The standard InChI is InChI=1S/C20H18N2O5/c23-19(22-7-9-25-10-8-22)6-5-14-11-15(26-13-14)12-18-20(24)21-16-3-1-2-4-17(16)27-18/h1-6,11-13H,7-10H2,(H,21,24)/b6-5+,18-12+. The quantitative estimate of drug-likeness (QED) is 0.845. The van der Waals surface area contributed by atoms with Crippen molar-refractivity contribution in [2.45, 2.75) is 0 Å². The van der Waals surface area contributed by atoms with E-state index in [2.05, 4.69) is 5.32 Å². The van der Waals surface area contributed by atoms with Gasteiger partial charge in [0.2, 0.25) is 5.91 Å². The minimum Gasteiger partial charge on any atom is -0.464 e. The molecule has 3 heterocycles. The number of hydrogen-bond acceptors (Lipinski definition) is 5. The van der Waals surface area contributed by atoms with Crippen molar-refractivity contribution in [2.75, 3.05) is 31.6 Å². The molecular weight excluding hydrogens is 348 g/mol. The van der Waals surface area contributed by atoms with Crippen molar-refractivity contribution in [1.82, 2.24) is 4.90 Å². The first kappa shape index (κ1) is 17.1. The number of para-hydroxylation sites is 2. The van der Waals surface area contributed by atoms with Gasteiger partial charge in [-0.2, -0.15) is 0 Å². The highest BCUT2D eigenvalue weighted by atomic mass is 16.5. The van der Waals surface area contributed by atoms with Crippen LogP contribution in [0.4, 0.5) is 5.69 Å². The zero-order valence-corrected chi connectivity index (χ0v) is 14.5. The number of carbonyl (C=O) groups is 2. The first-order valence-corrected chi connectivity index (χ1v) is 8.62. The normalized spacial score (nSPS) is 18.3. The van der Waals surface area contributed by atoms with E-state index < -0.39 is 0 Å². The molecule has 1 N–H and O–H groups in total. The van der Waals surface area contributed by atoms with Gasteiger partial charge in [-0.1, -0.05) is 12.1 Å². The maximum Gasteiger partial charge on any atom is 0.291 e. The number of benzene rings is 1. The predicted octanol–water partition coefficient (Wildman–Crippen LogP) is 2.52. The van der Waals surface area contributed by atoms with Crippen molar-refractivity contribution in [3.05, 3.63) is 59.8 Å². The third-order valence-electron chi connectivity index (χ3n) is 4.23. The Labute approximate surface area is 155 Å². The molecule has 1 aromatic carbocycles. The second-order valence-corrected chi connectivity index (χ2v) is 6.11. The fourth-order valence-corrected chi connectivity index (χ4v) is 2.82. The van der Waals surface area contributed by atoms with Crippen LogP contribution in [0.5, 0.6) is 5.75 Å². The van der Waals surface area contributed by atoms with Crippen molar-refractivity contribution in [1.29, 1.82) is 0 Å². The van der Waals surface area contributed by atoms with E-state index >= 15 is 0 Å². The Morgan fingerprint density at radius 2 is 2.00 bits per heavy atom. The van der Waals surface area contributed by atoms with Crippen LogP contribution in [0.15, 0.2) is 52.8 Å². The van der Waals surface area contributed by atoms with E-state index in [-0.39, 0.29) is 17.6 Å². The Bertz CT molecular complexity index is 922. The third-order valence-corrected chi connectivity index (χ3v) is 4.23. The molecule has 0 radical (unpaired) electrons. The van der Waals surface area contributed by atoms with Crippen LogP contribution in [0, 0.1) is 0 Å². The molecule has 0 unspecified atom stereocenters. The van der Waals surface area contributed by atoms with Crippen molar-refractivity contribution in [2.24, 2.45) is 0 Å². The lowest BCUT2D eigenvalue weighted by atomic mass is 10.2. The Morgan fingerprint density at radius 1 is 1.19 bits per heavy atom. The highest BCUT2D eigenvalue weighted by Crippen LogP contribution is 2.31. The number of furan rings is 1. The second kappa shape index (κ2) is 7.51. The topological polar surface area (TPSA) is 81.0 Å². The monoisotopic (exact) mass is 366 g/mol. The molecule has 1 aromatic heterocycles. The molecule has 138 valence electrons. The number of rotatable bonds is 3. The molecule has 7 nitrogen and oxygen atoms in total. The summed E-state index contributed by atoms with van der Waals surface area (Å²) in [6.45, 7) is 2.32. The molecule has 2 aliphatic rings. The number of nitrogens with one attached hydrogen (secondary N) is 1. The van der Waals surface area contributed by atoms with E-state index in [9.17, 15) is 9.59 Å². The summed E-state index contributed by atoms with van der Waals surface area (Å²) in [6, 6.07) is 8.92. The van der Waals surface area contributed by atoms with E-state index in [1.807, 2.05) is 12.1 Å². The number of anilines is 1. The summed E-state index contributed by atoms with van der Waals surface area (Å²) in [5.41, 5.74) is 1.35.